The van der Waals surface area contributed by atoms with Gasteiger partial charge in [0.1, 0.15) is 5.82 Å². The predicted molar refractivity (Wildman–Crippen MR) is 155 cm³/mol. The summed E-state index contributed by atoms with van der Waals surface area (Å²) in [5.74, 6) is 1.89. The van der Waals surface area contributed by atoms with Crippen molar-refractivity contribution in [3.05, 3.63) is 35.9 Å². The first-order chi connectivity index (χ1) is 17.6. The Kier molecular flexibility index (Phi) is 8.99. The Labute approximate surface area is 215 Å². The molecule has 194 valence electrons. The molecule has 0 aliphatic heterocycles. The van der Waals surface area contributed by atoms with Crippen LogP contribution in [-0.2, 0) is 0 Å². The molecule has 0 spiro atoms. The quantitative estimate of drug-likeness (QED) is 0.193. The molecule has 2 aromatic carbocycles. The Morgan fingerprint density at radius 3 is 2.11 bits per heavy atom. The van der Waals surface area contributed by atoms with Crippen LogP contribution in [0.2, 0.25) is 0 Å². The van der Waals surface area contributed by atoms with Gasteiger partial charge in [0.05, 0.1) is 11.0 Å². The second-order valence-electron chi connectivity index (χ2n) is 9.51. The lowest BCUT2D eigenvalue weighted by atomic mass is 10.0. The monoisotopic (exact) mass is 489 g/mol. The molecule has 36 heavy (non-hydrogen) atoms. The Hall–Kier alpha value is -2.90. The third kappa shape index (κ3) is 5.57. The van der Waals surface area contributed by atoms with E-state index in [0.29, 0.717) is 0 Å². The lowest BCUT2D eigenvalue weighted by Gasteiger charge is -2.19. The second-order valence-corrected chi connectivity index (χ2v) is 9.51. The van der Waals surface area contributed by atoms with Crippen LogP contribution in [0.3, 0.4) is 0 Å². The number of benzene rings is 2. The first-order valence-corrected chi connectivity index (χ1v) is 13.7. The van der Waals surface area contributed by atoms with E-state index in [4.69, 9.17) is 10.1 Å². The zero-order chi connectivity index (χ0) is 25.5. The topological polar surface area (TPSA) is 72.1 Å². The van der Waals surface area contributed by atoms with E-state index in [0.717, 1.165) is 93.3 Å². The lowest BCUT2D eigenvalue weighted by molar-refractivity contribution is 0.303. The van der Waals surface area contributed by atoms with E-state index in [1.54, 1.807) is 0 Å². The van der Waals surface area contributed by atoms with E-state index in [1.807, 2.05) is 0 Å². The van der Waals surface area contributed by atoms with Crippen LogP contribution in [0.15, 0.2) is 30.3 Å². The normalized spacial score (nSPS) is 12.0. The number of nitrogens with one attached hydrogen (secondary N) is 3. The van der Waals surface area contributed by atoms with Crippen molar-refractivity contribution < 1.29 is 0 Å². The standard InChI is InChI=1S/C29H43N7/c1-6-35(7-2)18-12-16-30-28-24-20-23-22-14-10-11-15-25(22)32-27(23)21(5)26(24)29(34-33-28)31-17-13-19-36(8-3)9-4/h10-11,14-15,20,31,34H,6-9,12-13,16-19H2,1-5H3,(H,30,33). The Balaban J connectivity index is 1.66. The van der Waals surface area contributed by atoms with Crippen LogP contribution in [0.5, 0.6) is 0 Å². The van der Waals surface area contributed by atoms with Gasteiger partial charge in [-0.2, -0.15) is 5.10 Å². The minimum absolute atomic E-state index is 0.889. The van der Waals surface area contributed by atoms with Crippen LogP contribution in [0.1, 0.15) is 46.1 Å². The summed E-state index contributed by atoms with van der Waals surface area (Å²) in [7, 11) is 0. The molecule has 2 heterocycles. The maximum atomic E-state index is 5.00. The van der Waals surface area contributed by atoms with Crippen LogP contribution in [0.25, 0.3) is 32.6 Å². The number of aromatic amines is 1. The molecule has 0 aliphatic rings. The Morgan fingerprint density at radius 2 is 1.44 bits per heavy atom. The van der Waals surface area contributed by atoms with E-state index < -0.39 is 0 Å². The zero-order valence-corrected chi connectivity index (χ0v) is 22.7. The number of rotatable bonds is 14. The van der Waals surface area contributed by atoms with Gasteiger partial charge < -0.3 is 20.4 Å². The molecule has 7 nitrogen and oxygen atoms in total. The Bertz CT molecular complexity index is 1270. The van der Waals surface area contributed by atoms with Crippen molar-refractivity contribution in [3.8, 4) is 0 Å². The summed E-state index contributed by atoms with van der Waals surface area (Å²) in [6, 6.07) is 10.7. The molecule has 2 aromatic heterocycles. The van der Waals surface area contributed by atoms with Gasteiger partial charge in [-0.15, -0.1) is 0 Å². The number of hydrogen-bond acceptors (Lipinski definition) is 6. The number of nitrogens with zero attached hydrogens (tertiary/aromatic N) is 4. The van der Waals surface area contributed by atoms with Gasteiger partial charge >= 0.3 is 0 Å². The molecule has 7 heteroatoms. The van der Waals surface area contributed by atoms with Gasteiger partial charge in [-0.3, -0.25) is 5.10 Å². The average Bonchev–Trinajstić information content (AvgIpc) is 3.28. The maximum absolute atomic E-state index is 5.00. The molecule has 0 bridgehead atoms. The SMILES string of the molecule is CCN(CC)CCCNc1n[nH]c(NCCCN(CC)CC)c2c(C)c3nc4ccccc4c3cc12. The summed E-state index contributed by atoms with van der Waals surface area (Å²) >= 11 is 0. The fraction of sp³-hybridized carbons (Fsp3) is 0.517. The van der Waals surface area contributed by atoms with Crippen molar-refractivity contribution in [2.75, 3.05) is 63.0 Å². The second kappa shape index (κ2) is 12.4. The maximum Gasteiger partial charge on any atom is 0.154 e. The summed E-state index contributed by atoms with van der Waals surface area (Å²) in [6.07, 6.45) is 2.17. The molecule has 0 atom stereocenters. The summed E-state index contributed by atoms with van der Waals surface area (Å²) in [6.45, 7) is 19.4. The summed E-state index contributed by atoms with van der Waals surface area (Å²) in [4.78, 5) is 9.91. The van der Waals surface area contributed by atoms with Crippen molar-refractivity contribution in [2.45, 2.75) is 47.5 Å². The van der Waals surface area contributed by atoms with Crippen molar-refractivity contribution in [1.82, 2.24) is 25.0 Å². The van der Waals surface area contributed by atoms with Gasteiger partial charge in [-0.1, -0.05) is 45.9 Å². The van der Waals surface area contributed by atoms with Crippen LogP contribution in [0.4, 0.5) is 11.6 Å². The van der Waals surface area contributed by atoms with Gasteiger partial charge in [0.25, 0.3) is 0 Å². The molecular formula is C29H43N7. The van der Waals surface area contributed by atoms with Crippen molar-refractivity contribution >= 4 is 44.2 Å². The van der Waals surface area contributed by atoms with Crippen molar-refractivity contribution in [1.29, 1.82) is 0 Å². The molecule has 0 saturated heterocycles. The van der Waals surface area contributed by atoms with E-state index >= 15 is 0 Å². The van der Waals surface area contributed by atoms with E-state index in [-0.39, 0.29) is 0 Å². The van der Waals surface area contributed by atoms with Gasteiger partial charge in [-0.25, -0.2) is 4.98 Å². The number of para-hydroxylation sites is 1. The molecule has 4 aromatic rings. The first-order valence-electron chi connectivity index (χ1n) is 13.7. The lowest BCUT2D eigenvalue weighted by Crippen LogP contribution is -2.25. The minimum atomic E-state index is 0.889. The highest BCUT2D eigenvalue weighted by Gasteiger charge is 2.17. The molecule has 0 aliphatic carbocycles. The smallest absolute Gasteiger partial charge is 0.154 e. The summed E-state index contributed by atoms with van der Waals surface area (Å²) in [5, 5.41) is 20.1. The van der Waals surface area contributed by atoms with E-state index in [1.165, 1.54) is 21.7 Å². The number of fused-ring (bicyclic) bond motifs is 4. The third-order valence-corrected chi connectivity index (χ3v) is 7.44. The number of anilines is 2. The van der Waals surface area contributed by atoms with Gasteiger partial charge in [-0.05, 0) is 76.7 Å². The highest BCUT2D eigenvalue weighted by Crippen LogP contribution is 2.37. The number of H-pyrrole nitrogens is 1. The summed E-state index contributed by atoms with van der Waals surface area (Å²) in [5.41, 5.74) is 3.31. The number of aromatic nitrogens is 3. The third-order valence-electron chi connectivity index (χ3n) is 7.44. The molecule has 0 amide bonds. The predicted octanol–water partition coefficient (Wildman–Crippen LogP) is 5.86. The van der Waals surface area contributed by atoms with Gasteiger partial charge in [0, 0.05) is 34.6 Å². The Morgan fingerprint density at radius 1 is 0.806 bits per heavy atom. The fourth-order valence-electron chi connectivity index (χ4n) is 5.18. The molecule has 0 radical (unpaired) electrons. The highest BCUT2D eigenvalue weighted by molar-refractivity contribution is 6.17. The van der Waals surface area contributed by atoms with E-state index in [2.05, 4.69) is 90.5 Å². The molecule has 3 N–H and O–H groups in total. The molecule has 0 unspecified atom stereocenters. The van der Waals surface area contributed by atoms with Crippen LogP contribution in [-0.4, -0.2) is 77.3 Å². The average molecular weight is 490 g/mol. The number of hydrogen-bond donors (Lipinski definition) is 3. The largest absolute Gasteiger partial charge is 0.370 e. The highest BCUT2D eigenvalue weighted by atomic mass is 15.2. The molecular weight excluding hydrogens is 446 g/mol. The summed E-state index contributed by atoms with van der Waals surface area (Å²) < 4.78 is 0. The van der Waals surface area contributed by atoms with E-state index in [9.17, 15) is 0 Å². The van der Waals surface area contributed by atoms with Gasteiger partial charge in [0.15, 0.2) is 5.82 Å². The van der Waals surface area contributed by atoms with Crippen LogP contribution < -0.4 is 10.6 Å². The minimum Gasteiger partial charge on any atom is -0.370 e. The molecule has 0 saturated carbocycles. The first kappa shape index (κ1) is 26.2. The van der Waals surface area contributed by atoms with Crippen molar-refractivity contribution in [3.63, 3.8) is 0 Å². The van der Waals surface area contributed by atoms with Crippen LogP contribution in [0, 0.1) is 6.92 Å². The van der Waals surface area contributed by atoms with Crippen molar-refractivity contribution in [2.24, 2.45) is 0 Å². The zero-order valence-electron chi connectivity index (χ0n) is 22.7. The molecule has 4 rings (SSSR count). The number of aryl methyl sites for hydroxylation is 1. The van der Waals surface area contributed by atoms with Crippen LogP contribution >= 0.6 is 0 Å². The fourth-order valence-corrected chi connectivity index (χ4v) is 5.18. The van der Waals surface area contributed by atoms with Gasteiger partial charge in [0.2, 0.25) is 0 Å². The molecule has 0 fully saturated rings.